The molecule has 2 aromatic rings. The van der Waals surface area contributed by atoms with Crippen LogP contribution in [0, 0.1) is 6.92 Å². The Bertz CT molecular complexity index is 681. The van der Waals surface area contributed by atoms with Gasteiger partial charge in [-0.2, -0.15) is 0 Å². The van der Waals surface area contributed by atoms with Gasteiger partial charge in [0.25, 0.3) is 5.91 Å². The van der Waals surface area contributed by atoms with Crippen molar-refractivity contribution in [3.05, 3.63) is 59.2 Å². The fraction of sp³-hybridized carbons (Fsp3) is 0.125. The minimum absolute atomic E-state index is 0.202. The van der Waals surface area contributed by atoms with Gasteiger partial charge >= 0.3 is 0 Å². The molecular formula is C16H16N2O2S. The minimum atomic E-state index is -0.239. The summed E-state index contributed by atoms with van der Waals surface area (Å²) in [5.41, 5.74) is 8.40. The third kappa shape index (κ3) is 3.38. The Morgan fingerprint density at radius 1 is 1.19 bits per heavy atom. The number of nitrogens with one attached hydrogen (secondary N) is 1. The SMILES string of the molecule is COc1cccc(C(N)=S)c1NC(=O)c1ccc(C)cc1. The zero-order valence-corrected chi connectivity index (χ0v) is 12.7. The summed E-state index contributed by atoms with van der Waals surface area (Å²) < 4.78 is 5.26. The summed E-state index contributed by atoms with van der Waals surface area (Å²) in [5.74, 6) is 0.276. The number of para-hydroxylation sites is 1. The lowest BCUT2D eigenvalue weighted by atomic mass is 10.1. The number of hydrogen-bond acceptors (Lipinski definition) is 3. The van der Waals surface area contributed by atoms with Crippen LogP contribution in [0.25, 0.3) is 0 Å². The van der Waals surface area contributed by atoms with Crippen molar-refractivity contribution in [2.75, 3.05) is 12.4 Å². The summed E-state index contributed by atoms with van der Waals surface area (Å²) in [5, 5.41) is 2.82. The number of carbonyl (C=O) groups excluding carboxylic acids is 1. The van der Waals surface area contributed by atoms with E-state index in [1.807, 2.05) is 19.1 Å². The van der Waals surface area contributed by atoms with Gasteiger partial charge in [-0.15, -0.1) is 0 Å². The Labute approximate surface area is 128 Å². The van der Waals surface area contributed by atoms with E-state index in [0.29, 0.717) is 22.6 Å². The van der Waals surface area contributed by atoms with Crippen LogP contribution in [-0.2, 0) is 0 Å². The molecule has 0 aromatic heterocycles. The zero-order valence-electron chi connectivity index (χ0n) is 11.8. The molecular weight excluding hydrogens is 284 g/mol. The number of rotatable bonds is 4. The van der Waals surface area contributed by atoms with E-state index in [9.17, 15) is 4.79 Å². The van der Waals surface area contributed by atoms with Crippen LogP contribution in [0.5, 0.6) is 5.75 Å². The smallest absolute Gasteiger partial charge is 0.255 e. The Kier molecular flexibility index (Phi) is 4.55. The number of anilines is 1. The molecule has 0 atom stereocenters. The van der Waals surface area contributed by atoms with Crippen molar-refractivity contribution in [1.29, 1.82) is 0 Å². The lowest BCUT2D eigenvalue weighted by molar-refractivity contribution is 0.102. The maximum atomic E-state index is 12.3. The summed E-state index contributed by atoms with van der Waals surface area (Å²) in [6.07, 6.45) is 0. The van der Waals surface area contributed by atoms with Gasteiger partial charge in [-0.1, -0.05) is 36.0 Å². The Morgan fingerprint density at radius 3 is 2.43 bits per heavy atom. The molecule has 0 aliphatic carbocycles. The first-order chi connectivity index (χ1) is 10.0. The molecule has 0 aliphatic heterocycles. The standard InChI is InChI=1S/C16H16N2O2S/c1-10-6-8-11(9-7-10)16(19)18-14-12(15(17)21)4-3-5-13(14)20-2/h3-9H,1-2H3,(H2,17,21)(H,18,19). The monoisotopic (exact) mass is 300 g/mol. The predicted molar refractivity (Wildman–Crippen MR) is 88.0 cm³/mol. The maximum Gasteiger partial charge on any atom is 0.255 e. The fourth-order valence-electron chi connectivity index (χ4n) is 1.93. The quantitative estimate of drug-likeness (QED) is 0.852. The van der Waals surface area contributed by atoms with E-state index in [1.54, 1.807) is 30.3 Å². The number of aryl methyl sites for hydroxylation is 1. The van der Waals surface area contributed by atoms with Crippen molar-refractivity contribution in [3.63, 3.8) is 0 Å². The highest BCUT2D eigenvalue weighted by atomic mass is 32.1. The number of amides is 1. The summed E-state index contributed by atoms with van der Waals surface area (Å²) >= 11 is 5.01. The number of carbonyl (C=O) groups is 1. The first-order valence-electron chi connectivity index (χ1n) is 6.37. The van der Waals surface area contributed by atoms with Crippen molar-refractivity contribution in [2.24, 2.45) is 5.73 Å². The molecule has 0 spiro atoms. The van der Waals surface area contributed by atoms with Crippen LogP contribution in [0.4, 0.5) is 5.69 Å². The molecule has 0 unspecified atom stereocenters. The van der Waals surface area contributed by atoms with Gasteiger partial charge in [-0.3, -0.25) is 4.79 Å². The number of thiocarbonyl (C=S) groups is 1. The highest BCUT2D eigenvalue weighted by Gasteiger charge is 2.15. The van der Waals surface area contributed by atoms with Crippen molar-refractivity contribution in [1.82, 2.24) is 0 Å². The van der Waals surface area contributed by atoms with E-state index < -0.39 is 0 Å². The second kappa shape index (κ2) is 6.37. The van der Waals surface area contributed by atoms with E-state index in [4.69, 9.17) is 22.7 Å². The van der Waals surface area contributed by atoms with Gasteiger partial charge in [0.05, 0.1) is 12.8 Å². The van der Waals surface area contributed by atoms with Gasteiger partial charge in [0.2, 0.25) is 0 Å². The molecule has 108 valence electrons. The molecule has 5 heteroatoms. The first kappa shape index (κ1) is 15.0. The van der Waals surface area contributed by atoms with Crippen LogP contribution < -0.4 is 15.8 Å². The third-order valence-corrected chi connectivity index (χ3v) is 3.28. The third-order valence-electron chi connectivity index (χ3n) is 3.06. The van der Waals surface area contributed by atoms with Gasteiger partial charge in [0.1, 0.15) is 10.7 Å². The number of nitrogens with two attached hydrogens (primary N) is 1. The number of ether oxygens (including phenoxy) is 1. The molecule has 0 aliphatic rings. The molecule has 0 bridgehead atoms. The van der Waals surface area contributed by atoms with Crippen molar-refractivity contribution in [3.8, 4) is 5.75 Å². The fourth-order valence-corrected chi connectivity index (χ4v) is 2.10. The molecule has 0 fully saturated rings. The topological polar surface area (TPSA) is 64.3 Å². The molecule has 1 amide bonds. The van der Waals surface area contributed by atoms with E-state index >= 15 is 0 Å². The van der Waals surface area contributed by atoms with Gasteiger partial charge < -0.3 is 15.8 Å². The van der Waals surface area contributed by atoms with E-state index in [2.05, 4.69) is 5.32 Å². The van der Waals surface area contributed by atoms with Gasteiger partial charge in [0, 0.05) is 11.1 Å². The molecule has 0 radical (unpaired) electrons. The summed E-state index contributed by atoms with van der Waals surface area (Å²) in [6, 6.07) is 12.6. The average Bonchev–Trinajstić information content (AvgIpc) is 2.47. The summed E-state index contributed by atoms with van der Waals surface area (Å²) in [7, 11) is 1.53. The van der Waals surface area contributed by atoms with Crippen LogP contribution in [0.15, 0.2) is 42.5 Å². The highest BCUT2D eigenvalue weighted by molar-refractivity contribution is 7.80. The Hall–Kier alpha value is -2.40. The van der Waals surface area contributed by atoms with Crippen molar-refractivity contribution < 1.29 is 9.53 Å². The van der Waals surface area contributed by atoms with Crippen LogP contribution in [0.2, 0.25) is 0 Å². The van der Waals surface area contributed by atoms with Crippen LogP contribution in [-0.4, -0.2) is 18.0 Å². The minimum Gasteiger partial charge on any atom is -0.495 e. The molecule has 0 saturated carbocycles. The van der Waals surface area contributed by atoms with Crippen molar-refractivity contribution >= 4 is 28.8 Å². The molecule has 2 aromatic carbocycles. The Morgan fingerprint density at radius 2 is 1.86 bits per heavy atom. The van der Waals surface area contributed by atoms with Crippen LogP contribution >= 0.6 is 12.2 Å². The largest absolute Gasteiger partial charge is 0.495 e. The van der Waals surface area contributed by atoms with E-state index in [0.717, 1.165) is 5.56 Å². The highest BCUT2D eigenvalue weighted by Crippen LogP contribution is 2.28. The van der Waals surface area contributed by atoms with Gasteiger partial charge in [-0.25, -0.2) is 0 Å². The summed E-state index contributed by atoms with van der Waals surface area (Å²) in [4.78, 5) is 12.5. The number of hydrogen-bond donors (Lipinski definition) is 2. The number of benzene rings is 2. The normalized spacial score (nSPS) is 10.0. The zero-order chi connectivity index (χ0) is 15.4. The van der Waals surface area contributed by atoms with Crippen LogP contribution in [0.3, 0.4) is 0 Å². The number of methoxy groups -OCH3 is 1. The average molecular weight is 300 g/mol. The van der Waals surface area contributed by atoms with Crippen molar-refractivity contribution in [2.45, 2.75) is 6.92 Å². The molecule has 21 heavy (non-hydrogen) atoms. The summed E-state index contributed by atoms with van der Waals surface area (Å²) in [6.45, 7) is 1.97. The lowest BCUT2D eigenvalue weighted by Crippen LogP contribution is -2.18. The van der Waals surface area contributed by atoms with E-state index in [-0.39, 0.29) is 10.9 Å². The molecule has 4 nitrogen and oxygen atoms in total. The molecule has 0 heterocycles. The second-order valence-electron chi connectivity index (χ2n) is 4.57. The molecule has 3 N–H and O–H groups in total. The first-order valence-corrected chi connectivity index (χ1v) is 6.78. The maximum absolute atomic E-state index is 12.3. The molecule has 2 rings (SSSR count). The predicted octanol–water partition coefficient (Wildman–Crippen LogP) is 2.89. The van der Waals surface area contributed by atoms with Crippen LogP contribution in [0.1, 0.15) is 21.5 Å². The Balaban J connectivity index is 2.36. The second-order valence-corrected chi connectivity index (χ2v) is 5.01. The van der Waals surface area contributed by atoms with Gasteiger partial charge in [-0.05, 0) is 31.2 Å². The molecule has 0 saturated heterocycles. The van der Waals surface area contributed by atoms with E-state index in [1.165, 1.54) is 7.11 Å². The van der Waals surface area contributed by atoms with Gasteiger partial charge in [0.15, 0.2) is 0 Å². The lowest BCUT2D eigenvalue weighted by Gasteiger charge is -2.14.